The van der Waals surface area contributed by atoms with Gasteiger partial charge in [0.05, 0.1) is 18.8 Å². The lowest BCUT2D eigenvalue weighted by atomic mass is 10.1. The molecule has 1 aromatic carbocycles. The molecule has 0 saturated heterocycles. The minimum atomic E-state index is -0.527. The molecule has 104 valence electrons. The average Bonchev–Trinajstić information content (AvgIpc) is 2.46. The molecule has 0 aliphatic rings. The SMILES string of the molecule is C#CCC[C@@H](O)[C@H](CC)OCOCc1ccccc1. The van der Waals surface area contributed by atoms with E-state index in [9.17, 15) is 5.11 Å². The van der Waals surface area contributed by atoms with Crippen LogP contribution in [-0.4, -0.2) is 24.1 Å². The van der Waals surface area contributed by atoms with Gasteiger partial charge in [-0.2, -0.15) is 0 Å². The van der Waals surface area contributed by atoms with Crippen LogP contribution in [0.15, 0.2) is 30.3 Å². The van der Waals surface area contributed by atoms with Gasteiger partial charge < -0.3 is 14.6 Å². The second-order valence-corrected chi connectivity index (χ2v) is 4.38. The first-order valence-electron chi connectivity index (χ1n) is 6.62. The molecule has 0 aromatic heterocycles. The highest BCUT2D eigenvalue weighted by Gasteiger charge is 2.17. The van der Waals surface area contributed by atoms with Crippen LogP contribution in [0.25, 0.3) is 0 Å². The average molecular weight is 262 g/mol. The lowest BCUT2D eigenvalue weighted by Crippen LogP contribution is -2.29. The van der Waals surface area contributed by atoms with Crippen LogP contribution in [0.5, 0.6) is 0 Å². The van der Waals surface area contributed by atoms with Gasteiger partial charge in [-0.25, -0.2) is 0 Å². The van der Waals surface area contributed by atoms with Gasteiger partial charge in [0.15, 0.2) is 0 Å². The molecule has 0 aliphatic carbocycles. The summed E-state index contributed by atoms with van der Waals surface area (Å²) in [5.41, 5.74) is 1.10. The first-order chi connectivity index (χ1) is 9.27. The predicted molar refractivity (Wildman–Crippen MR) is 75.3 cm³/mol. The number of aliphatic hydroxyl groups excluding tert-OH is 1. The number of hydrogen-bond acceptors (Lipinski definition) is 3. The highest BCUT2D eigenvalue weighted by atomic mass is 16.7. The molecule has 0 spiro atoms. The summed E-state index contributed by atoms with van der Waals surface area (Å²) in [6.07, 6.45) is 6.29. The Kier molecular flexibility index (Phi) is 7.92. The van der Waals surface area contributed by atoms with Crippen molar-refractivity contribution in [3.8, 4) is 12.3 Å². The molecule has 2 atom stereocenters. The van der Waals surface area contributed by atoms with Crippen molar-refractivity contribution >= 4 is 0 Å². The maximum atomic E-state index is 9.88. The van der Waals surface area contributed by atoms with Gasteiger partial charge in [-0.3, -0.25) is 0 Å². The molecule has 0 bridgehead atoms. The second-order valence-electron chi connectivity index (χ2n) is 4.38. The van der Waals surface area contributed by atoms with Gasteiger partial charge in [-0.15, -0.1) is 12.3 Å². The normalized spacial score (nSPS) is 13.7. The Hall–Kier alpha value is -1.34. The third kappa shape index (κ3) is 6.40. The van der Waals surface area contributed by atoms with Crippen LogP contribution in [0.4, 0.5) is 0 Å². The minimum Gasteiger partial charge on any atom is -0.390 e. The van der Waals surface area contributed by atoms with Gasteiger partial charge in [0, 0.05) is 6.42 Å². The molecule has 0 heterocycles. The maximum Gasteiger partial charge on any atom is 0.147 e. The smallest absolute Gasteiger partial charge is 0.147 e. The number of aliphatic hydroxyl groups is 1. The summed E-state index contributed by atoms with van der Waals surface area (Å²) in [7, 11) is 0. The largest absolute Gasteiger partial charge is 0.390 e. The summed E-state index contributed by atoms with van der Waals surface area (Å²) in [5, 5.41) is 9.88. The van der Waals surface area contributed by atoms with Gasteiger partial charge in [0.2, 0.25) is 0 Å². The Morgan fingerprint density at radius 2 is 2.05 bits per heavy atom. The zero-order chi connectivity index (χ0) is 13.9. The fourth-order valence-electron chi connectivity index (χ4n) is 1.79. The van der Waals surface area contributed by atoms with E-state index in [1.165, 1.54) is 0 Å². The van der Waals surface area contributed by atoms with Crippen LogP contribution in [0.1, 0.15) is 31.7 Å². The van der Waals surface area contributed by atoms with Crippen LogP contribution in [0, 0.1) is 12.3 Å². The molecule has 0 radical (unpaired) electrons. The van der Waals surface area contributed by atoms with Gasteiger partial charge in [0.25, 0.3) is 0 Å². The van der Waals surface area contributed by atoms with E-state index in [1.807, 2.05) is 37.3 Å². The molecule has 0 aliphatic heterocycles. The monoisotopic (exact) mass is 262 g/mol. The predicted octanol–water partition coefficient (Wildman–Crippen LogP) is 2.73. The van der Waals surface area contributed by atoms with Gasteiger partial charge in [0.1, 0.15) is 6.79 Å². The van der Waals surface area contributed by atoms with Crippen molar-refractivity contribution in [2.45, 2.75) is 45.0 Å². The zero-order valence-electron chi connectivity index (χ0n) is 11.4. The van der Waals surface area contributed by atoms with Gasteiger partial charge in [-0.05, 0) is 18.4 Å². The maximum absolute atomic E-state index is 9.88. The van der Waals surface area contributed by atoms with E-state index in [2.05, 4.69) is 5.92 Å². The topological polar surface area (TPSA) is 38.7 Å². The molecule has 0 unspecified atom stereocenters. The molecule has 0 saturated carbocycles. The second kappa shape index (κ2) is 9.57. The Labute approximate surface area is 115 Å². The van der Waals surface area contributed by atoms with Crippen molar-refractivity contribution in [1.29, 1.82) is 0 Å². The third-order valence-corrected chi connectivity index (χ3v) is 2.89. The van der Waals surface area contributed by atoms with Crippen molar-refractivity contribution in [2.75, 3.05) is 6.79 Å². The lowest BCUT2D eigenvalue weighted by Gasteiger charge is -2.21. The van der Waals surface area contributed by atoms with E-state index in [0.717, 1.165) is 12.0 Å². The molecule has 1 aromatic rings. The molecule has 0 amide bonds. The van der Waals surface area contributed by atoms with Crippen LogP contribution in [0.3, 0.4) is 0 Å². The molecule has 1 rings (SSSR count). The van der Waals surface area contributed by atoms with Crippen LogP contribution >= 0.6 is 0 Å². The summed E-state index contributed by atoms with van der Waals surface area (Å²) >= 11 is 0. The number of terminal acetylenes is 1. The first kappa shape index (κ1) is 15.7. The van der Waals surface area contributed by atoms with Crippen molar-refractivity contribution in [3.63, 3.8) is 0 Å². The molecule has 3 heteroatoms. The number of benzene rings is 1. The molecular formula is C16H22O3. The molecule has 19 heavy (non-hydrogen) atoms. The summed E-state index contributed by atoms with van der Waals surface area (Å²) in [6, 6.07) is 9.91. The minimum absolute atomic E-state index is 0.181. The summed E-state index contributed by atoms with van der Waals surface area (Å²) in [4.78, 5) is 0. The fourth-order valence-corrected chi connectivity index (χ4v) is 1.79. The van der Waals surface area contributed by atoms with Gasteiger partial charge in [-0.1, -0.05) is 37.3 Å². The standard InChI is InChI=1S/C16H22O3/c1-3-5-11-15(17)16(4-2)19-13-18-12-14-9-7-6-8-10-14/h1,6-10,15-17H,4-5,11-13H2,2H3/t15-,16+/m1/s1. The number of ether oxygens (including phenoxy) is 2. The van der Waals surface area contributed by atoms with Crippen LogP contribution in [0.2, 0.25) is 0 Å². The zero-order valence-corrected chi connectivity index (χ0v) is 11.4. The third-order valence-electron chi connectivity index (χ3n) is 2.89. The quantitative estimate of drug-likeness (QED) is 0.422. The van der Waals surface area contributed by atoms with E-state index in [1.54, 1.807) is 0 Å². The summed E-state index contributed by atoms with van der Waals surface area (Å²) < 4.78 is 11.0. The highest BCUT2D eigenvalue weighted by molar-refractivity contribution is 5.13. The van der Waals surface area contributed by atoms with Crippen molar-refractivity contribution in [3.05, 3.63) is 35.9 Å². The van der Waals surface area contributed by atoms with Crippen LogP contribution < -0.4 is 0 Å². The van der Waals surface area contributed by atoms with E-state index >= 15 is 0 Å². The van der Waals surface area contributed by atoms with E-state index < -0.39 is 6.10 Å². The molecular weight excluding hydrogens is 240 g/mol. The fraction of sp³-hybridized carbons (Fsp3) is 0.500. The Morgan fingerprint density at radius 1 is 1.32 bits per heavy atom. The summed E-state index contributed by atoms with van der Waals surface area (Å²) in [6.45, 7) is 2.67. The Morgan fingerprint density at radius 3 is 2.68 bits per heavy atom. The Balaban J connectivity index is 2.21. The summed E-state index contributed by atoms with van der Waals surface area (Å²) in [5.74, 6) is 2.52. The van der Waals surface area contributed by atoms with E-state index in [4.69, 9.17) is 15.9 Å². The highest BCUT2D eigenvalue weighted by Crippen LogP contribution is 2.10. The van der Waals surface area contributed by atoms with Crippen LogP contribution in [-0.2, 0) is 16.1 Å². The first-order valence-corrected chi connectivity index (χ1v) is 6.62. The Bertz CT molecular complexity index is 369. The molecule has 0 fully saturated rings. The number of rotatable bonds is 9. The van der Waals surface area contributed by atoms with E-state index in [0.29, 0.717) is 19.4 Å². The van der Waals surface area contributed by atoms with Crippen molar-refractivity contribution in [2.24, 2.45) is 0 Å². The van der Waals surface area contributed by atoms with Gasteiger partial charge >= 0.3 is 0 Å². The van der Waals surface area contributed by atoms with Crippen molar-refractivity contribution in [1.82, 2.24) is 0 Å². The molecule has 3 nitrogen and oxygen atoms in total. The molecule has 1 N–H and O–H groups in total. The number of hydrogen-bond donors (Lipinski definition) is 1. The van der Waals surface area contributed by atoms with E-state index in [-0.39, 0.29) is 12.9 Å². The van der Waals surface area contributed by atoms with Crippen molar-refractivity contribution < 1.29 is 14.6 Å². The lowest BCUT2D eigenvalue weighted by molar-refractivity contribution is -0.130.